The largest absolute Gasteiger partial charge is 0.343 e. The summed E-state index contributed by atoms with van der Waals surface area (Å²) in [5.41, 5.74) is 2.61. The zero-order chi connectivity index (χ0) is 12.4. The molecule has 0 bridgehead atoms. The highest BCUT2D eigenvalue weighted by atomic mass is 15.0. The van der Waals surface area contributed by atoms with Crippen molar-refractivity contribution in [1.82, 2.24) is 9.55 Å². The summed E-state index contributed by atoms with van der Waals surface area (Å²) in [5, 5.41) is 10.2. The summed E-state index contributed by atoms with van der Waals surface area (Å²) < 4.78 is 2.13. The van der Waals surface area contributed by atoms with Gasteiger partial charge in [0.2, 0.25) is 0 Å². The smallest absolute Gasteiger partial charge is 0.145 e. The first-order valence-electron chi connectivity index (χ1n) is 5.76. The molecule has 3 aromatic rings. The molecular weight excluding hydrogens is 222 g/mol. The predicted molar refractivity (Wildman–Crippen MR) is 70.0 cm³/mol. The quantitative estimate of drug-likeness (QED) is 0.682. The Morgan fingerprint density at radius 2 is 2.00 bits per heavy atom. The summed E-state index contributed by atoms with van der Waals surface area (Å²) in [6.45, 7) is 0.671. The zero-order valence-electron chi connectivity index (χ0n) is 9.74. The van der Waals surface area contributed by atoms with E-state index in [1.807, 2.05) is 30.5 Å². The molecule has 0 aliphatic heterocycles. The Labute approximate surface area is 105 Å². The molecule has 0 saturated carbocycles. The molecule has 3 heteroatoms. The molecule has 0 saturated heterocycles. The summed E-state index contributed by atoms with van der Waals surface area (Å²) >= 11 is 0. The molecule has 86 valence electrons. The first kappa shape index (κ1) is 10.5. The topological polar surface area (TPSA) is 41.6 Å². The lowest BCUT2D eigenvalue weighted by atomic mass is 10.2. The van der Waals surface area contributed by atoms with Gasteiger partial charge in [-0.1, -0.05) is 24.3 Å². The van der Waals surface area contributed by atoms with Gasteiger partial charge in [0.05, 0.1) is 6.54 Å². The van der Waals surface area contributed by atoms with Crippen molar-refractivity contribution in [2.24, 2.45) is 0 Å². The Kier molecular flexibility index (Phi) is 2.54. The number of hydrogen-bond donors (Lipinski definition) is 0. The first-order valence-corrected chi connectivity index (χ1v) is 5.76. The minimum atomic E-state index is 0.496. The second-order valence-electron chi connectivity index (χ2n) is 4.13. The fourth-order valence-corrected chi connectivity index (χ4v) is 2.13. The molecule has 0 radical (unpaired) electrons. The molecule has 0 amide bonds. The number of rotatable bonds is 2. The molecule has 0 aliphatic carbocycles. The lowest BCUT2D eigenvalue weighted by Crippen LogP contribution is -2.01. The van der Waals surface area contributed by atoms with Crippen molar-refractivity contribution in [3.05, 3.63) is 66.1 Å². The van der Waals surface area contributed by atoms with Gasteiger partial charge in [0.1, 0.15) is 11.8 Å². The normalized spacial score (nSPS) is 10.4. The van der Waals surface area contributed by atoms with Gasteiger partial charge in [0, 0.05) is 23.5 Å². The van der Waals surface area contributed by atoms with Crippen LogP contribution in [0.2, 0.25) is 0 Å². The van der Waals surface area contributed by atoms with Crippen molar-refractivity contribution in [2.45, 2.75) is 6.54 Å². The van der Waals surface area contributed by atoms with Gasteiger partial charge in [0.25, 0.3) is 0 Å². The lowest BCUT2D eigenvalue weighted by molar-refractivity contribution is 0.828. The Hall–Kier alpha value is -2.60. The van der Waals surface area contributed by atoms with E-state index >= 15 is 0 Å². The number of hydrogen-bond acceptors (Lipinski definition) is 2. The van der Waals surface area contributed by atoms with Crippen LogP contribution in [0.3, 0.4) is 0 Å². The molecule has 0 fully saturated rings. The Balaban J connectivity index is 2.05. The molecule has 1 aromatic carbocycles. The van der Waals surface area contributed by atoms with E-state index in [0.29, 0.717) is 12.2 Å². The van der Waals surface area contributed by atoms with Crippen LogP contribution in [0.15, 0.2) is 54.9 Å². The highest BCUT2D eigenvalue weighted by Crippen LogP contribution is 2.17. The van der Waals surface area contributed by atoms with Crippen LogP contribution in [0.4, 0.5) is 0 Å². The highest BCUT2D eigenvalue weighted by Gasteiger charge is 2.05. The van der Waals surface area contributed by atoms with Crippen LogP contribution < -0.4 is 0 Å². The maximum atomic E-state index is 9.04. The molecule has 3 nitrogen and oxygen atoms in total. The zero-order valence-corrected chi connectivity index (χ0v) is 9.74. The molecule has 3 rings (SSSR count). The fourth-order valence-electron chi connectivity index (χ4n) is 2.13. The third kappa shape index (κ3) is 1.74. The van der Waals surface area contributed by atoms with E-state index in [-0.39, 0.29) is 0 Å². The second kappa shape index (κ2) is 4.34. The van der Waals surface area contributed by atoms with Gasteiger partial charge in [-0.15, -0.1) is 0 Å². The van der Waals surface area contributed by atoms with E-state index in [1.165, 1.54) is 10.9 Å². The number of pyridine rings is 1. The van der Waals surface area contributed by atoms with Crippen molar-refractivity contribution in [3.63, 3.8) is 0 Å². The van der Waals surface area contributed by atoms with E-state index in [1.54, 1.807) is 6.20 Å². The van der Waals surface area contributed by atoms with Crippen molar-refractivity contribution in [3.8, 4) is 6.07 Å². The Bertz CT molecular complexity index is 735. The highest BCUT2D eigenvalue weighted by molar-refractivity contribution is 5.80. The van der Waals surface area contributed by atoms with Crippen molar-refractivity contribution < 1.29 is 0 Å². The standard InChI is InChI=1S/C15H11N3/c16-10-14-13(5-3-8-17-14)11-18-9-7-12-4-1-2-6-15(12)18/h1-9H,11H2. The maximum absolute atomic E-state index is 9.04. The van der Waals surface area contributed by atoms with Crippen LogP contribution in [-0.4, -0.2) is 9.55 Å². The van der Waals surface area contributed by atoms with Gasteiger partial charge < -0.3 is 4.57 Å². The van der Waals surface area contributed by atoms with Crippen LogP contribution in [0.25, 0.3) is 10.9 Å². The van der Waals surface area contributed by atoms with Crippen LogP contribution in [-0.2, 0) is 6.54 Å². The van der Waals surface area contributed by atoms with E-state index in [9.17, 15) is 0 Å². The van der Waals surface area contributed by atoms with Gasteiger partial charge in [-0.2, -0.15) is 5.26 Å². The average molecular weight is 233 g/mol. The lowest BCUT2D eigenvalue weighted by Gasteiger charge is -2.06. The molecule has 2 heterocycles. The third-order valence-corrected chi connectivity index (χ3v) is 3.02. The molecular formula is C15H11N3. The molecule has 0 spiro atoms. The Morgan fingerprint density at radius 3 is 2.89 bits per heavy atom. The number of benzene rings is 1. The number of nitrogens with zero attached hydrogens (tertiary/aromatic N) is 3. The van der Waals surface area contributed by atoms with Crippen LogP contribution >= 0.6 is 0 Å². The molecule has 0 N–H and O–H groups in total. The molecule has 0 atom stereocenters. The summed E-state index contributed by atoms with van der Waals surface area (Å²) in [7, 11) is 0. The predicted octanol–water partition coefficient (Wildman–Crippen LogP) is 2.96. The van der Waals surface area contributed by atoms with Gasteiger partial charge in [-0.3, -0.25) is 0 Å². The van der Waals surface area contributed by atoms with E-state index in [4.69, 9.17) is 5.26 Å². The van der Waals surface area contributed by atoms with Gasteiger partial charge >= 0.3 is 0 Å². The van der Waals surface area contributed by atoms with Crippen molar-refractivity contribution in [2.75, 3.05) is 0 Å². The molecule has 18 heavy (non-hydrogen) atoms. The minimum absolute atomic E-state index is 0.496. The average Bonchev–Trinajstić information content (AvgIpc) is 2.83. The van der Waals surface area contributed by atoms with Gasteiger partial charge in [0.15, 0.2) is 0 Å². The van der Waals surface area contributed by atoms with E-state index < -0.39 is 0 Å². The monoisotopic (exact) mass is 233 g/mol. The number of fused-ring (bicyclic) bond motifs is 1. The SMILES string of the molecule is N#Cc1ncccc1Cn1ccc2ccccc21. The number of aromatic nitrogens is 2. The van der Waals surface area contributed by atoms with Crippen molar-refractivity contribution in [1.29, 1.82) is 5.26 Å². The minimum Gasteiger partial charge on any atom is -0.343 e. The summed E-state index contributed by atoms with van der Waals surface area (Å²) in [4.78, 5) is 4.08. The number of nitriles is 1. The molecule has 0 aliphatic rings. The number of para-hydroxylation sites is 1. The van der Waals surface area contributed by atoms with Crippen LogP contribution in [0, 0.1) is 11.3 Å². The summed E-state index contributed by atoms with van der Waals surface area (Å²) in [6.07, 6.45) is 3.69. The Morgan fingerprint density at radius 1 is 1.11 bits per heavy atom. The van der Waals surface area contributed by atoms with Crippen LogP contribution in [0.5, 0.6) is 0 Å². The first-order chi connectivity index (χ1) is 8.88. The van der Waals surface area contributed by atoms with E-state index in [2.05, 4.69) is 33.8 Å². The van der Waals surface area contributed by atoms with E-state index in [0.717, 1.165) is 5.56 Å². The fraction of sp³-hybridized carbons (Fsp3) is 0.0667. The van der Waals surface area contributed by atoms with Gasteiger partial charge in [-0.05, 0) is 23.6 Å². The second-order valence-corrected chi connectivity index (χ2v) is 4.13. The maximum Gasteiger partial charge on any atom is 0.145 e. The molecule has 2 aromatic heterocycles. The molecule has 0 unspecified atom stereocenters. The third-order valence-electron chi connectivity index (χ3n) is 3.02. The summed E-state index contributed by atoms with van der Waals surface area (Å²) in [6, 6.07) is 16.2. The summed E-state index contributed by atoms with van der Waals surface area (Å²) in [5.74, 6) is 0. The van der Waals surface area contributed by atoms with Crippen molar-refractivity contribution >= 4 is 10.9 Å². The van der Waals surface area contributed by atoms with Crippen LogP contribution in [0.1, 0.15) is 11.3 Å². The van der Waals surface area contributed by atoms with Gasteiger partial charge in [-0.25, -0.2) is 4.98 Å².